The second kappa shape index (κ2) is 11.0. The van der Waals surface area contributed by atoms with Crippen LogP contribution in [0.1, 0.15) is 19.3 Å². The van der Waals surface area contributed by atoms with Crippen LogP contribution in [0.5, 0.6) is 0 Å². The molecule has 1 amide bonds. The van der Waals surface area contributed by atoms with Crippen LogP contribution in [0.15, 0.2) is 41.3 Å². The number of carbonyl (C=O) groups is 2. The van der Waals surface area contributed by atoms with Gasteiger partial charge < -0.3 is 15.7 Å². The van der Waals surface area contributed by atoms with Crippen molar-refractivity contribution in [3.63, 3.8) is 0 Å². The minimum Gasteiger partial charge on any atom is -0.480 e. The summed E-state index contributed by atoms with van der Waals surface area (Å²) >= 11 is 3.45. The van der Waals surface area contributed by atoms with Crippen LogP contribution in [0.3, 0.4) is 0 Å². The molecule has 1 saturated carbocycles. The third-order valence-corrected chi connectivity index (χ3v) is 7.19. The molecular weight excluding hydrogens is 559 g/mol. The predicted octanol–water partition coefficient (Wildman–Crippen LogP) is 2.98. The first-order chi connectivity index (χ1) is 18.3. The van der Waals surface area contributed by atoms with Crippen molar-refractivity contribution in [3.8, 4) is 5.69 Å². The first-order valence-electron chi connectivity index (χ1n) is 12.2. The number of halogens is 2. The van der Waals surface area contributed by atoms with Crippen LogP contribution in [0.2, 0.25) is 0 Å². The maximum Gasteiger partial charge on any atom is 0.317 e. The summed E-state index contributed by atoms with van der Waals surface area (Å²) < 4.78 is 16.8. The number of pyridine rings is 1. The number of carbonyl (C=O) groups excluding carboxylic acids is 1. The number of amides is 1. The van der Waals surface area contributed by atoms with Crippen LogP contribution in [0.4, 0.5) is 10.3 Å². The maximum absolute atomic E-state index is 14.7. The summed E-state index contributed by atoms with van der Waals surface area (Å²) in [6.07, 6.45) is 5.34. The van der Waals surface area contributed by atoms with E-state index in [1.54, 1.807) is 47.2 Å². The van der Waals surface area contributed by atoms with Crippen LogP contribution in [0, 0.1) is 11.7 Å². The Labute approximate surface area is 225 Å². The summed E-state index contributed by atoms with van der Waals surface area (Å²) in [5, 5.41) is 20.9. The molecule has 1 fully saturated rings. The lowest BCUT2D eigenvalue weighted by Crippen LogP contribution is -2.37. The molecule has 13 heteroatoms. The molecule has 0 spiro atoms. The van der Waals surface area contributed by atoms with Crippen molar-refractivity contribution in [2.75, 3.05) is 32.0 Å². The van der Waals surface area contributed by atoms with Gasteiger partial charge in [-0.3, -0.25) is 19.5 Å². The number of aliphatic carboxylic acids is 1. The van der Waals surface area contributed by atoms with Crippen LogP contribution in [-0.2, 0) is 9.59 Å². The molecule has 11 nitrogen and oxygen atoms in total. The topological polar surface area (TPSA) is 138 Å². The van der Waals surface area contributed by atoms with E-state index in [4.69, 9.17) is 5.11 Å². The zero-order valence-electron chi connectivity index (χ0n) is 20.6. The molecule has 4 aromatic rings. The number of carboxylic acid groups (broad SMARTS) is 1. The lowest BCUT2D eigenvalue weighted by atomic mass is 10.1. The van der Waals surface area contributed by atoms with Crippen molar-refractivity contribution in [3.05, 3.63) is 47.1 Å². The second-order valence-corrected chi connectivity index (χ2v) is 10.2. The van der Waals surface area contributed by atoms with E-state index >= 15 is 0 Å². The first-order valence-corrected chi connectivity index (χ1v) is 13.0. The van der Waals surface area contributed by atoms with Gasteiger partial charge in [0.15, 0.2) is 11.5 Å². The third-order valence-electron chi connectivity index (χ3n) is 6.60. The highest BCUT2D eigenvalue weighted by Gasteiger charge is 2.30. The van der Waals surface area contributed by atoms with Crippen molar-refractivity contribution in [2.45, 2.75) is 25.3 Å². The molecule has 198 valence electrons. The Morgan fingerprint density at radius 2 is 2.13 bits per heavy atom. The highest BCUT2D eigenvalue weighted by atomic mass is 79.9. The molecule has 2 atom stereocenters. The van der Waals surface area contributed by atoms with E-state index in [0.717, 1.165) is 12.8 Å². The molecule has 1 aromatic carbocycles. The average molecular weight is 585 g/mol. The predicted molar refractivity (Wildman–Crippen MR) is 143 cm³/mol. The smallest absolute Gasteiger partial charge is 0.317 e. The second-order valence-electron chi connectivity index (χ2n) is 9.41. The molecule has 3 heterocycles. The number of hydrogen-bond acceptors (Lipinski definition) is 8. The van der Waals surface area contributed by atoms with E-state index in [9.17, 15) is 14.0 Å². The number of aromatic nitrogens is 5. The van der Waals surface area contributed by atoms with Crippen molar-refractivity contribution >= 4 is 55.7 Å². The Balaban J connectivity index is 1.27. The number of fused-ring (bicyclic) bond motifs is 2. The third kappa shape index (κ3) is 5.58. The molecule has 38 heavy (non-hydrogen) atoms. The van der Waals surface area contributed by atoms with Gasteiger partial charge in [-0.25, -0.2) is 14.1 Å². The van der Waals surface area contributed by atoms with E-state index in [-0.39, 0.29) is 29.9 Å². The van der Waals surface area contributed by atoms with Crippen molar-refractivity contribution < 1.29 is 19.1 Å². The van der Waals surface area contributed by atoms with Gasteiger partial charge in [-0.2, -0.15) is 10.1 Å². The van der Waals surface area contributed by atoms with E-state index in [0.29, 0.717) is 52.2 Å². The van der Waals surface area contributed by atoms with Crippen molar-refractivity contribution in [1.29, 1.82) is 0 Å². The highest BCUT2D eigenvalue weighted by Crippen LogP contribution is 2.30. The first kappa shape index (κ1) is 25.9. The van der Waals surface area contributed by atoms with Gasteiger partial charge in [-0.15, -0.1) is 0 Å². The lowest BCUT2D eigenvalue weighted by molar-refractivity contribution is -0.137. The fraction of sp³-hybridized carbons (Fsp3) is 0.360. The van der Waals surface area contributed by atoms with Crippen molar-refractivity contribution in [1.82, 2.24) is 34.9 Å². The molecule has 1 aliphatic rings. The summed E-state index contributed by atoms with van der Waals surface area (Å²) in [5.41, 5.74) is 1.31. The SMILES string of the molecule is CN(CCNC(=O)[C@@H]1CC[C@@H](Nc2ncc3c(Br)nn(-c4cc(F)c5ncccc5c4)c3n2)C1)CC(=O)O. The average Bonchev–Trinajstić information content (AvgIpc) is 3.48. The zero-order valence-corrected chi connectivity index (χ0v) is 22.2. The van der Waals surface area contributed by atoms with Crippen molar-refractivity contribution in [2.24, 2.45) is 5.92 Å². The van der Waals surface area contributed by atoms with E-state index in [2.05, 4.69) is 46.6 Å². The van der Waals surface area contributed by atoms with Crippen LogP contribution in [0.25, 0.3) is 27.6 Å². The summed E-state index contributed by atoms with van der Waals surface area (Å²) in [6.45, 7) is 0.778. The molecule has 0 bridgehead atoms. The Morgan fingerprint density at radius 1 is 1.29 bits per heavy atom. The van der Waals surface area contributed by atoms with Gasteiger partial charge >= 0.3 is 5.97 Å². The van der Waals surface area contributed by atoms with Gasteiger partial charge in [0.25, 0.3) is 0 Å². The number of rotatable bonds is 9. The summed E-state index contributed by atoms with van der Waals surface area (Å²) in [5.74, 6) is -1.13. The van der Waals surface area contributed by atoms with E-state index in [1.165, 1.54) is 6.07 Å². The van der Waals surface area contributed by atoms with Gasteiger partial charge in [0, 0.05) is 48.9 Å². The van der Waals surface area contributed by atoms with E-state index < -0.39 is 11.8 Å². The van der Waals surface area contributed by atoms with Crippen LogP contribution >= 0.6 is 15.9 Å². The van der Waals surface area contributed by atoms with Gasteiger partial charge in [-0.05, 0) is 54.4 Å². The number of likely N-dealkylation sites (N-methyl/N-ethyl adjacent to an activating group) is 1. The zero-order chi connectivity index (χ0) is 26.8. The quantitative estimate of drug-likeness (QED) is 0.271. The fourth-order valence-electron chi connectivity index (χ4n) is 4.73. The number of carboxylic acids is 1. The molecular formula is C25H26BrFN8O3. The Hall–Kier alpha value is -3.71. The molecule has 3 N–H and O–H groups in total. The molecule has 0 aliphatic heterocycles. The van der Waals surface area contributed by atoms with Gasteiger partial charge in [0.05, 0.1) is 17.6 Å². The minimum absolute atomic E-state index is 0.0156. The van der Waals surface area contributed by atoms with Gasteiger partial charge in [-0.1, -0.05) is 6.07 Å². The fourth-order valence-corrected chi connectivity index (χ4v) is 5.17. The Kier molecular flexibility index (Phi) is 7.47. The number of benzene rings is 1. The van der Waals surface area contributed by atoms with Gasteiger partial charge in [0.1, 0.15) is 10.1 Å². The summed E-state index contributed by atoms with van der Waals surface area (Å²) in [6, 6.07) is 6.74. The normalized spacial score (nSPS) is 17.4. The minimum atomic E-state index is -0.902. The standard InChI is InChI=1S/C25H26BrFN8O3/c1-34(13-20(36)37)8-7-29-24(38)15-4-5-16(9-15)31-25-30-12-18-22(26)33-35(23(18)32-25)17-10-14-3-2-6-28-21(14)19(27)11-17/h2-3,6,10-12,15-16H,4-5,7-9,13H2,1H3,(H,29,38)(H,36,37)(H,30,31,32)/t15-,16-/m1/s1. The molecule has 0 radical (unpaired) electrons. The highest BCUT2D eigenvalue weighted by molar-refractivity contribution is 9.10. The Bertz CT molecular complexity index is 1510. The molecule has 1 aliphatic carbocycles. The van der Waals surface area contributed by atoms with E-state index in [1.807, 2.05) is 0 Å². The van der Waals surface area contributed by atoms with Gasteiger partial charge in [0.2, 0.25) is 11.9 Å². The number of nitrogens with zero attached hydrogens (tertiary/aromatic N) is 6. The molecule has 0 unspecified atom stereocenters. The number of nitrogens with one attached hydrogen (secondary N) is 2. The molecule has 5 rings (SSSR count). The largest absolute Gasteiger partial charge is 0.480 e. The Morgan fingerprint density at radius 3 is 2.95 bits per heavy atom. The van der Waals surface area contributed by atoms with Crippen LogP contribution in [-0.4, -0.2) is 79.3 Å². The van der Waals surface area contributed by atoms with Crippen LogP contribution < -0.4 is 10.6 Å². The monoisotopic (exact) mass is 584 g/mol. The lowest BCUT2D eigenvalue weighted by Gasteiger charge is -2.16. The molecule has 3 aromatic heterocycles. The summed E-state index contributed by atoms with van der Waals surface area (Å²) in [7, 11) is 1.70. The number of hydrogen-bond donors (Lipinski definition) is 3. The molecule has 0 saturated heterocycles. The summed E-state index contributed by atoms with van der Waals surface area (Å²) in [4.78, 5) is 38.2. The number of anilines is 1. The maximum atomic E-state index is 14.7.